The lowest BCUT2D eigenvalue weighted by Gasteiger charge is -2.57. The van der Waals surface area contributed by atoms with E-state index >= 15 is 0 Å². The molecule has 6 unspecified atom stereocenters. The predicted octanol–water partition coefficient (Wildman–Crippen LogP) is 4.99. The minimum Gasteiger partial charge on any atom is -0.373 e. The number of ether oxygens (including phenoxy) is 3. The van der Waals surface area contributed by atoms with Crippen LogP contribution in [0.3, 0.4) is 0 Å². The number of fused-ring (bicyclic) bond motifs is 1. The average Bonchev–Trinajstić information content (AvgIpc) is 3.40. The first kappa shape index (κ1) is 21.3. The number of Topliss-reactive ketones (excluding diaryl/α,β-unsaturated/α-hetero) is 1. The van der Waals surface area contributed by atoms with Crippen LogP contribution in [0.2, 0.25) is 0 Å². The lowest BCUT2D eigenvalue weighted by atomic mass is 9.53. The SMILES string of the molecule is COC(OC1(C)CCCC2(C)C(=O)CC(C)CC12)C(C)(C)C(C)(C)C1CO1. The molecule has 0 bridgehead atoms. The third kappa shape index (κ3) is 3.40. The summed E-state index contributed by atoms with van der Waals surface area (Å²) in [4.78, 5) is 13.0. The van der Waals surface area contributed by atoms with Crippen molar-refractivity contribution in [1.82, 2.24) is 0 Å². The molecular weight excluding hydrogens is 340 g/mol. The minimum absolute atomic E-state index is 0.0579. The minimum atomic E-state index is -0.338. The molecule has 0 aromatic carbocycles. The summed E-state index contributed by atoms with van der Waals surface area (Å²) in [5, 5.41) is 0. The number of hydrogen-bond acceptors (Lipinski definition) is 4. The lowest BCUT2D eigenvalue weighted by molar-refractivity contribution is -0.290. The highest BCUT2D eigenvalue weighted by Crippen LogP contribution is 2.57. The van der Waals surface area contributed by atoms with Crippen molar-refractivity contribution in [3.8, 4) is 0 Å². The Morgan fingerprint density at radius 1 is 1.19 bits per heavy atom. The van der Waals surface area contributed by atoms with Gasteiger partial charge >= 0.3 is 0 Å². The number of hydrogen-bond donors (Lipinski definition) is 0. The maximum absolute atomic E-state index is 13.0. The summed E-state index contributed by atoms with van der Waals surface area (Å²) in [6.07, 6.45) is 4.72. The van der Waals surface area contributed by atoms with Gasteiger partial charge in [-0.2, -0.15) is 0 Å². The van der Waals surface area contributed by atoms with Gasteiger partial charge in [0.15, 0.2) is 6.29 Å². The Kier molecular flexibility index (Phi) is 5.36. The highest BCUT2D eigenvalue weighted by atomic mass is 16.7. The average molecular weight is 381 g/mol. The topological polar surface area (TPSA) is 48.1 Å². The lowest BCUT2D eigenvalue weighted by Crippen LogP contribution is -2.59. The van der Waals surface area contributed by atoms with Crippen LogP contribution in [-0.4, -0.2) is 37.5 Å². The Balaban J connectivity index is 1.88. The van der Waals surface area contributed by atoms with Crippen LogP contribution < -0.4 is 0 Å². The van der Waals surface area contributed by atoms with Gasteiger partial charge in [0.25, 0.3) is 0 Å². The van der Waals surface area contributed by atoms with Crippen LogP contribution in [-0.2, 0) is 19.0 Å². The summed E-state index contributed by atoms with van der Waals surface area (Å²) in [7, 11) is 1.75. The summed E-state index contributed by atoms with van der Waals surface area (Å²) < 4.78 is 18.5. The number of epoxide rings is 1. The van der Waals surface area contributed by atoms with Gasteiger partial charge in [-0.05, 0) is 38.5 Å². The van der Waals surface area contributed by atoms with Crippen molar-refractivity contribution < 1.29 is 19.0 Å². The van der Waals surface area contributed by atoms with E-state index in [1.165, 1.54) is 0 Å². The van der Waals surface area contributed by atoms with Crippen LogP contribution in [0.25, 0.3) is 0 Å². The molecule has 6 atom stereocenters. The molecule has 1 heterocycles. The van der Waals surface area contributed by atoms with Crippen LogP contribution in [0.4, 0.5) is 0 Å². The molecule has 0 aromatic rings. The number of carbonyl (C=O) groups is 1. The molecule has 1 aliphatic heterocycles. The van der Waals surface area contributed by atoms with Crippen molar-refractivity contribution in [3.05, 3.63) is 0 Å². The molecular formula is C23H40O4. The predicted molar refractivity (Wildman–Crippen MR) is 106 cm³/mol. The molecule has 1 saturated heterocycles. The maximum atomic E-state index is 13.0. The van der Waals surface area contributed by atoms with Gasteiger partial charge in [0.1, 0.15) is 5.78 Å². The summed E-state index contributed by atoms with van der Waals surface area (Å²) in [6, 6.07) is 0. The van der Waals surface area contributed by atoms with Crippen LogP contribution in [0.1, 0.15) is 80.6 Å². The first-order chi connectivity index (χ1) is 12.4. The van der Waals surface area contributed by atoms with Gasteiger partial charge in [0, 0.05) is 35.7 Å². The smallest absolute Gasteiger partial charge is 0.163 e. The Bertz CT molecular complexity index is 579. The van der Waals surface area contributed by atoms with Crippen LogP contribution >= 0.6 is 0 Å². The summed E-state index contributed by atoms with van der Waals surface area (Å²) in [5.74, 6) is 1.12. The number of rotatable bonds is 6. The van der Waals surface area contributed by atoms with E-state index < -0.39 is 0 Å². The van der Waals surface area contributed by atoms with E-state index in [2.05, 4.69) is 48.5 Å². The molecule has 0 aromatic heterocycles. The van der Waals surface area contributed by atoms with E-state index in [0.717, 1.165) is 32.3 Å². The van der Waals surface area contributed by atoms with Gasteiger partial charge in [-0.15, -0.1) is 0 Å². The van der Waals surface area contributed by atoms with Crippen molar-refractivity contribution in [2.24, 2.45) is 28.1 Å². The molecule has 3 fully saturated rings. The van der Waals surface area contributed by atoms with Crippen molar-refractivity contribution in [2.75, 3.05) is 13.7 Å². The highest BCUT2D eigenvalue weighted by Gasteiger charge is 2.59. The van der Waals surface area contributed by atoms with Gasteiger partial charge < -0.3 is 14.2 Å². The molecule has 4 heteroatoms. The second-order valence-corrected chi connectivity index (χ2v) is 11.1. The Morgan fingerprint density at radius 2 is 1.81 bits per heavy atom. The Labute approximate surface area is 165 Å². The first-order valence-corrected chi connectivity index (χ1v) is 10.7. The van der Waals surface area contributed by atoms with Gasteiger partial charge in [0.05, 0.1) is 18.3 Å². The fraction of sp³-hybridized carbons (Fsp3) is 0.957. The Hall–Kier alpha value is -0.450. The summed E-state index contributed by atoms with van der Waals surface area (Å²) in [5.41, 5.74) is -0.866. The maximum Gasteiger partial charge on any atom is 0.163 e. The number of carbonyl (C=O) groups excluding carboxylic acids is 1. The van der Waals surface area contributed by atoms with E-state index in [0.29, 0.717) is 18.1 Å². The zero-order valence-electron chi connectivity index (χ0n) is 18.7. The van der Waals surface area contributed by atoms with Gasteiger partial charge in [0.2, 0.25) is 0 Å². The van der Waals surface area contributed by atoms with Crippen molar-refractivity contribution in [1.29, 1.82) is 0 Å². The molecule has 2 aliphatic carbocycles. The van der Waals surface area contributed by atoms with Crippen molar-refractivity contribution >= 4 is 5.78 Å². The summed E-state index contributed by atoms with van der Waals surface area (Å²) >= 11 is 0. The van der Waals surface area contributed by atoms with Crippen LogP contribution in [0, 0.1) is 28.1 Å². The van der Waals surface area contributed by atoms with E-state index in [4.69, 9.17) is 14.2 Å². The molecule has 3 aliphatic rings. The van der Waals surface area contributed by atoms with Crippen LogP contribution in [0.5, 0.6) is 0 Å². The van der Waals surface area contributed by atoms with Gasteiger partial charge in [-0.3, -0.25) is 4.79 Å². The van der Waals surface area contributed by atoms with Crippen LogP contribution in [0.15, 0.2) is 0 Å². The normalized spacial score (nSPS) is 41.2. The standard InChI is InChI=1S/C23H40O4/c1-15-12-16-22(6,17(24)13-15)10-9-11-23(16,7)27-19(25-8)21(4,5)20(2,3)18-14-26-18/h15-16,18-19H,9-14H2,1-8H3. The third-order valence-electron chi connectivity index (χ3n) is 8.66. The largest absolute Gasteiger partial charge is 0.373 e. The second kappa shape index (κ2) is 6.81. The van der Waals surface area contributed by atoms with Crippen molar-refractivity contribution in [3.63, 3.8) is 0 Å². The molecule has 3 rings (SSSR count). The molecule has 4 nitrogen and oxygen atoms in total. The monoisotopic (exact) mass is 380 g/mol. The molecule has 0 radical (unpaired) electrons. The number of methoxy groups -OCH3 is 1. The summed E-state index contributed by atoms with van der Waals surface area (Å²) in [6.45, 7) is 16.4. The fourth-order valence-corrected chi connectivity index (χ4v) is 5.77. The molecule has 156 valence electrons. The van der Waals surface area contributed by atoms with E-state index in [-0.39, 0.29) is 40.2 Å². The third-order valence-corrected chi connectivity index (χ3v) is 8.66. The zero-order valence-corrected chi connectivity index (χ0v) is 18.7. The van der Waals surface area contributed by atoms with Gasteiger partial charge in [-0.1, -0.05) is 41.5 Å². The van der Waals surface area contributed by atoms with E-state index in [9.17, 15) is 4.79 Å². The Morgan fingerprint density at radius 3 is 2.37 bits per heavy atom. The quantitative estimate of drug-likeness (QED) is 0.481. The molecule has 0 N–H and O–H groups in total. The van der Waals surface area contributed by atoms with Gasteiger partial charge in [-0.25, -0.2) is 0 Å². The first-order valence-electron chi connectivity index (χ1n) is 10.7. The molecule has 27 heavy (non-hydrogen) atoms. The second-order valence-electron chi connectivity index (χ2n) is 11.1. The molecule has 0 amide bonds. The highest BCUT2D eigenvalue weighted by molar-refractivity contribution is 5.86. The fourth-order valence-electron chi connectivity index (χ4n) is 5.77. The van der Waals surface area contributed by atoms with E-state index in [1.807, 2.05) is 0 Å². The van der Waals surface area contributed by atoms with Crippen molar-refractivity contribution in [2.45, 2.75) is 98.6 Å². The zero-order chi connectivity index (χ0) is 20.3. The molecule has 2 saturated carbocycles. The number of ketones is 1. The van der Waals surface area contributed by atoms with E-state index in [1.54, 1.807) is 7.11 Å². The molecule has 0 spiro atoms.